The SMILES string of the molecule is CCCn1cc(C(N)Cc2cccc(OC)c2)cn1. The van der Waals surface area contributed by atoms with Crippen LogP contribution in [0.1, 0.15) is 30.5 Å². The van der Waals surface area contributed by atoms with Gasteiger partial charge in [-0.15, -0.1) is 0 Å². The van der Waals surface area contributed by atoms with Crippen LogP contribution in [0.4, 0.5) is 0 Å². The highest BCUT2D eigenvalue weighted by Crippen LogP contribution is 2.19. The van der Waals surface area contributed by atoms with Gasteiger partial charge in [0.25, 0.3) is 0 Å². The molecule has 19 heavy (non-hydrogen) atoms. The van der Waals surface area contributed by atoms with Crippen molar-refractivity contribution in [1.82, 2.24) is 9.78 Å². The number of benzene rings is 1. The summed E-state index contributed by atoms with van der Waals surface area (Å²) in [7, 11) is 1.67. The molecular weight excluding hydrogens is 238 g/mol. The van der Waals surface area contributed by atoms with Gasteiger partial charge in [-0.1, -0.05) is 19.1 Å². The number of hydrogen-bond acceptors (Lipinski definition) is 3. The summed E-state index contributed by atoms with van der Waals surface area (Å²) in [6.45, 7) is 3.07. The molecule has 2 N–H and O–H groups in total. The average Bonchev–Trinajstić information content (AvgIpc) is 2.88. The zero-order chi connectivity index (χ0) is 13.7. The molecule has 0 saturated carbocycles. The van der Waals surface area contributed by atoms with E-state index in [1.807, 2.05) is 35.3 Å². The Morgan fingerprint density at radius 2 is 2.26 bits per heavy atom. The molecule has 0 aliphatic carbocycles. The number of aromatic nitrogens is 2. The van der Waals surface area contributed by atoms with E-state index in [4.69, 9.17) is 10.5 Å². The Balaban J connectivity index is 2.04. The lowest BCUT2D eigenvalue weighted by Gasteiger charge is -2.10. The number of ether oxygens (including phenoxy) is 1. The Bertz CT molecular complexity index is 522. The summed E-state index contributed by atoms with van der Waals surface area (Å²) in [5.74, 6) is 0.867. The lowest BCUT2D eigenvalue weighted by molar-refractivity contribution is 0.414. The summed E-state index contributed by atoms with van der Waals surface area (Å²) in [5.41, 5.74) is 8.49. The largest absolute Gasteiger partial charge is 0.497 e. The molecule has 2 rings (SSSR count). The first-order valence-corrected chi connectivity index (χ1v) is 6.63. The van der Waals surface area contributed by atoms with Crippen molar-refractivity contribution in [2.24, 2.45) is 5.73 Å². The zero-order valence-corrected chi connectivity index (χ0v) is 11.5. The minimum atomic E-state index is -0.0299. The second kappa shape index (κ2) is 6.38. The van der Waals surface area contributed by atoms with Crippen LogP contribution in [0.3, 0.4) is 0 Å². The summed E-state index contributed by atoms with van der Waals surface area (Å²) in [5, 5.41) is 4.31. The predicted octanol–water partition coefficient (Wildman–Crippen LogP) is 2.54. The Morgan fingerprint density at radius 1 is 1.42 bits per heavy atom. The van der Waals surface area contributed by atoms with Gasteiger partial charge >= 0.3 is 0 Å². The molecule has 1 aromatic heterocycles. The standard InChI is InChI=1S/C15H21N3O/c1-3-7-18-11-13(10-17-18)15(16)9-12-5-4-6-14(8-12)19-2/h4-6,8,10-11,15H,3,7,9,16H2,1-2H3. The van der Waals surface area contributed by atoms with Crippen LogP contribution in [-0.2, 0) is 13.0 Å². The third kappa shape index (κ3) is 3.58. The maximum Gasteiger partial charge on any atom is 0.119 e. The molecule has 0 saturated heterocycles. The molecule has 102 valence electrons. The van der Waals surface area contributed by atoms with Gasteiger partial charge in [0.05, 0.1) is 13.3 Å². The van der Waals surface area contributed by atoms with Gasteiger partial charge in [0.2, 0.25) is 0 Å². The van der Waals surface area contributed by atoms with Crippen LogP contribution >= 0.6 is 0 Å². The molecule has 0 amide bonds. The normalized spacial score (nSPS) is 12.4. The minimum Gasteiger partial charge on any atom is -0.497 e. The lowest BCUT2D eigenvalue weighted by Crippen LogP contribution is -2.12. The van der Waals surface area contributed by atoms with Crippen LogP contribution in [-0.4, -0.2) is 16.9 Å². The van der Waals surface area contributed by atoms with Crippen LogP contribution < -0.4 is 10.5 Å². The summed E-state index contributed by atoms with van der Waals surface area (Å²) in [6, 6.07) is 7.99. The second-order valence-corrected chi connectivity index (χ2v) is 4.70. The maximum atomic E-state index is 6.23. The van der Waals surface area contributed by atoms with Crippen LogP contribution in [0.5, 0.6) is 5.75 Å². The maximum absolute atomic E-state index is 6.23. The highest BCUT2D eigenvalue weighted by atomic mass is 16.5. The van der Waals surface area contributed by atoms with Gasteiger partial charge in [-0.05, 0) is 30.5 Å². The zero-order valence-electron chi connectivity index (χ0n) is 11.5. The van der Waals surface area contributed by atoms with Crippen LogP contribution in [0.25, 0.3) is 0 Å². The second-order valence-electron chi connectivity index (χ2n) is 4.70. The quantitative estimate of drug-likeness (QED) is 0.867. The molecule has 0 bridgehead atoms. The first-order valence-electron chi connectivity index (χ1n) is 6.63. The molecule has 0 aliphatic rings. The third-order valence-corrected chi connectivity index (χ3v) is 3.12. The summed E-state index contributed by atoms with van der Waals surface area (Å²) in [6.07, 6.45) is 5.76. The third-order valence-electron chi connectivity index (χ3n) is 3.12. The van der Waals surface area contributed by atoms with E-state index < -0.39 is 0 Å². The molecule has 4 heteroatoms. The molecule has 4 nitrogen and oxygen atoms in total. The van der Waals surface area contributed by atoms with E-state index in [-0.39, 0.29) is 6.04 Å². The molecule has 0 fully saturated rings. The summed E-state index contributed by atoms with van der Waals surface area (Å²) < 4.78 is 7.17. The molecule has 2 aromatic rings. The highest BCUT2D eigenvalue weighted by molar-refractivity contribution is 5.29. The molecule has 1 unspecified atom stereocenters. The van der Waals surface area contributed by atoms with Crippen molar-refractivity contribution in [3.8, 4) is 5.75 Å². The van der Waals surface area contributed by atoms with Crippen molar-refractivity contribution in [3.63, 3.8) is 0 Å². The number of nitrogens with two attached hydrogens (primary N) is 1. The molecule has 0 spiro atoms. The fraction of sp³-hybridized carbons (Fsp3) is 0.400. The number of aryl methyl sites for hydroxylation is 1. The molecule has 0 aliphatic heterocycles. The topological polar surface area (TPSA) is 53.1 Å². The summed E-state index contributed by atoms with van der Waals surface area (Å²) >= 11 is 0. The Morgan fingerprint density at radius 3 is 3.00 bits per heavy atom. The fourth-order valence-corrected chi connectivity index (χ4v) is 2.09. The average molecular weight is 259 g/mol. The first-order chi connectivity index (χ1) is 9.22. The molecule has 0 radical (unpaired) electrons. The smallest absolute Gasteiger partial charge is 0.119 e. The fourth-order valence-electron chi connectivity index (χ4n) is 2.09. The van der Waals surface area contributed by atoms with E-state index in [1.165, 1.54) is 5.56 Å². The molecule has 1 aromatic carbocycles. The van der Waals surface area contributed by atoms with Gasteiger partial charge in [0.1, 0.15) is 5.75 Å². The molecule has 1 heterocycles. The Hall–Kier alpha value is -1.81. The number of rotatable bonds is 6. The van der Waals surface area contributed by atoms with E-state index in [0.717, 1.165) is 30.7 Å². The van der Waals surface area contributed by atoms with Gasteiger partial charge in [-0.2, -0.15) is 5.10 Å². The lowest BCUT2D eigenvalue weighted by atomic mass is 10.0. The molecular formula is C15H21N3O. The van der Waals surface area contributed by atoms with Crippen LogP contribution in [0.2, 0.25) is 0 Å². The van der Waals surface area contributed by atoms with E-state index in [9.17, 15) is 0 Å². The van der Waals surface area contributed by atoms with E-state index in [0.29, 0.717) is 0 Å². The van der Waals surface area contributed by atoms with E-state index in [2.05, 4.69) is 18.1 Å². The van der Waals surface area contributed by atoms with Gasteiger partial charge in [-0.25, -0.2) is 0 Å². The number of hydrogen-bond donors (Lipinski definition) is 1. The monoisotopic (exact) mass is 259 g/mol. The van der Waals surface area contributed by atoms with Crippen molar-refractivity contribution in [3.05, 3.63) is 47.8 Å². The van der Waals surface area contributed by atoms with Gasteiger partial charge < -0.3 is 10.5 Å². The van der Waals surface area contributed by atoms with Crippen molar-refractivity contribution < 1.29 is 4.74 Å². The van der Waals surface area contributed by atoms with E-state index >= 15 is 0 Å². The highest BCUT2D eigenvalue weighted by Gasteiger charge is 2.10. The van der Waals surface area contributed by atoms with E-state index in [1.54, 1.807) is 7.11 Å². The summed E-state index contributed by atoms with van der Waals surface area (Å²) in [4.78, 5) is 0. The van der Waals surface area contributed by atoms with Crippen molar-refractivity contribution in [1.29, 1.82) is 0 Å². The van der Waals surface area contributed by atoms with Crippen LogP contribution in [0, 0.1) is 0 Å². The minimum absolute atomic E-state index is 0.0299. The first kappa shape index (κ1) is 13.6. The van der Waals surface area contributed by atoms with Gasteiger partial charge in [0, 0.05) is 24.3 Å². The molecule has 1 atom stereocenters. The van der Waals surface area contributed by atoms with Crippen molar-refractivity contribution in [2.45, 2.75) is 32.4 Å². The predicted molar refractivity (Wildman–Crippen MR) is 76.1 cm³/mol. The number of nitrogens with zero attached hydrogens (tertiary/aromatic N) is 2. The number of methoxy groups -OCH3 is 1. The van der Waals surface area contributed by atoms with Crippen molar-refractivity contribution >= 4 is 0 Å². The van der Waals surface area contributed by atoms with Gasteiger partial charge in [-0.3, -0.25) is 4.68 Å². The van der Waals surface area contributed by atoms with Gasteiger partial charge in [0.15, 0.2) is 0 Å². The Kier molecular flexibility index (Phi) is 4.58. The Labute approximate surface area is 114 Å². The van der Waals surface area contributed by atoms with Crippen molar-refractivity contribution in [2.75, 3.05) is 7.11 Å². The van der Waals surface area contributed by atoms with Crippen LogP contribution in [0.15, 0.2) is 36.7 Å².